The quantitative estimate of drug-likeness (QED) is 0.774. The van der Waals surface area contributed by atoms with Crippen LogP contribution >= 0.6 is 0 Å². The number of ether oxygens (including phenoxy) is 1. The number of halogens is 3. The number of hydrogen-bond acceptors (Lipinski definition) is 2. The smallest absolute Gasteiger partial charge is 0.134 e. The SMILES string of the molecule is Fc1cc(F)c(C2CNCCO2)c(F)c1. The van der Waals surface area contributed by atoms with Gasteiger partial charge in [-0.2, -0.15) is 0 Å². The topological polar surface area (TPSA) is 21.3 Å². The number of hydrogen-bond donors (Lipinski definition) is 1. The Morgan fingerprint density at radius 3 is 2.40 bits per heavy atom. The Bertz CT molecular complexity index is 341. The molecule has 0 radical (unpaired) electrons. The molecule has 1 aliphatic heterocycles. The van der Waals surface area contributed by atoms with Gasteiger partial charge in [0, 0.05) is 25.2 Å². The van der Waals surface area contributed by atoms with Crippen LogP contribution in [-0.4, -0.2) is 19.7 Å². The van der Waals surface area contributed by atoms with E-state index in [1.807, 2.05) is 0 Å². The van der Waals surface area contributed by atoms with Gasteiger partial charge in [-0.1, -0.05) is 0 Å². The fraction of sp³-hybridized carbons (Fsp3) is 0.400. The summed E-state index contributed by atoms with van der Waals surface area (Å²) >= 11 is 0. The molecule has 1 saturated heterocycles. The van der Waals surface area contributed by atoms with Crippen LogP contribution in [0.2, 0.25) is 0 Å². The second-order valence-electron chi connectivity index (χ2n) is 3.35. The molecule has 1 heterocycles. The van der Waals surface area contributed by atoms with Crippen LogP contribution in [0.4, 0.5) is 13.2 Å². The van der Waals surface area contributed by atoms with Gasteiger partial charge >= 0.3 is 0 Å². The van der Waals surface area contributed by atoms with E-state index in [-0.39, 0.29) is 5.56 Å². The molecule has 1 fully saturated rings. The summed E-state index contributed by atoms with van der Waals surface area (Å²) in [7, 11) is 0. The number of benzene rings is 1. The summed E-state index contributed by atoms with van der Waals surface area (Å²) in [5.74, 6) is -2.72. The first-order valence-corrected chi connectivity index (χ1v) is 4.65. The van der Waals surface area contributed by atoms with Crippen molar-refractivity contribution >= 4 is 0 Å². The lowest BCUT2D eigenvalue weighted by Crippen LogP contribution is -2.34. The maximum atomic E-state index is 13.3. The molecule has 2 rings (SSSR count). The lowest BCUT2D eigenvalue weighted by atomic mass is 10.1. The molecule has 0 aromatic heterocycles. The van der Waals surface area contributed by atoms with E-state index in [0.717, 1.165) is 0 Å². The van der Waals surface area contributed by atoms with Gasteiger partial charge in [-0.05, 0) is 0 Å². The third kappa shape index (κ3) is 2.13. The van der Waals surface area contributed by atoms with Crippen LogP contribution in [0.25, 0.3) is 0 Å². The van der Waals surface area contributed by atoms with Crippen molar-refractivity contribution in [3.05, 3.63) is 35.1 Å². The molecule has 1 aromatic carbocycles. The lowest BCUT2D eigenvalue weighted by Gasteiger charge is -2.24. The van der Waals surface area contributed by atoms with Crippen LogP contribution in [0.3, 0.4) is 0 Å². The zero-order chi connectivity index (χ0) is 10.8. The molecule has 1 atom stereocenters. The average molecular weight is 217 g/mol. The molecule has 2 nitrogen and oxygen atoms in total. The van der Waals surface area contributed by atoms with E-state index in [1.165, 1.54) is 0 Å². The first-order valence-electron chi connectivity index (χ1n) is 4.65. The minimum Gasteiger partial charge on any atom is -0.371 e. The van der Waals surface area contributed by atoms with Gasteiger partial charge in [0.15, 0.2) is 0 Å². The van der Waals surface area contributed by atoms with E-state index in [9.17, 15) is 13.2 Å². The molecule has 0 spiro atoms. The molecule has 5 heteroatoms. The van der Waals surface area contributed by atoms with Crippen molar-refractivity contribution in [2.24, 2.45) is 0 Å². The minimum atomic E-state index is -0.919. The lowest BCUT2D eigenvalue weighted by molar-refractivity contribution is 0.0231. The number of rotatable bonds is 1. The summed E-state index contributed by atoms with van der Waals surface area (Å²) in [4.78, 5) is 0. The molecule has 0 saturated carbocycles. The Balaban J connectivity index is 2.33. The van der Waals surface area contributed by atoms with Crippen molar-refractivity contribution in [1.29, 1.82) is 0 Å². The number of morpholine rings is 1. The van der Waals surface area contributed by atoms with Gasteiger partial charge in [-0.25, -0.2) is 13.2 Å². The summed E-state index contributed by atoms with van der Waals surface area (Å²) in [6, 6.07) is 1.33. The Kier molecular flexibility index (Phi) is 2.93. The van der Waals surface area contributed by atoms with Gasteiger partial charge in [0.1, 0.15) is 23.6 Å². The minimum absolute atomic E-state index is 0.205. The third-order valence-electron chi connectivity index (χ3n) is 2.29. The van der Waals surface area contributed by atoms with Crippen molar-refractivity contribution in [3.8, 4) is 0 Å². The molecule has 0 aliphatic carbocycles. The Hall–Kier alpha value is -1.07. The molecular weight excluding hydrogens is 207 g/mol. The first kappa shape index (κ1) is 10.4. The molecule has 1 aromatic rings. The van der Waals surface area contributed by atoms with Gasteiger partial charge in [0.2, 0.25) is 0 Å². The zero-order valence-corrected chi connectivity index (χ0v) is 7.90. The monoisotopic (exact) mass is 217 g/mol. The second kappa shape index (κ2) is 4.20. The normalized spacial score (nSPS) is 21.7. The highest BCUT2D eigenvalue weighted by molar-refractivity contribution is 5.23. The van der Waals surface area contributed by atoms with Crippen LogP contribution in [0.1, 0.15) is 11.7 Å². The standard InChI is InChI=1S/C10H10F3NO/c11-6-3-7(12)10(8(13)4-6)9-5-14-1-2-15-9/h3-4,9,14H,1-2,5H2. The predicted octanol–water partition coefficient (Wildman–Crippen LogP) is 1.76. The molecule has 1 aliphatic rings. The highest BCUT2D eigenvalue weighted by atomic mass is 19.1. The first-order chi connectivity index (χ1) is 7.18. The van der Waals surface area contributed by atoms with Crippen LogP contribution in [-0.2, 0) is 4.74 Å². The molecule has 1 N–H and O–H groups in total. The van der Waals surface area contributed by atoms with E-state index in [0.29, 0.717) is 31.8 Å². The largest absolute Gasteiger partial charge is 0.371 e. The molecule has 0 bridgehead atoms. The summed E-state index contributed by atoms with van der Waals surface area (Å²) in [6.07, 6.45) is -0.681. The van der Waals surface area contributed by atoms with Crippen molar-refractivity contribution in [1.82, 2.24) is 5.32 Å². The molecule has 0 amide bonds. The average Bonchev–Trinajstić information content (AvgIpc) is 2.17. The van der Waals surface area contributed by atoms with E-state index in [4.69, 9.17) is 4.74 Å². The van der Waals surface area contributed by atoms with E-state index < -0.39 is 23.6 Å². The number of nitrogens with one attached hydrogen (secondary N) is 1. The fourth-order valence-corrected chi connectivity index (χ4v) is 1.61. The zero-order valence-electron chi connectivity index (χ0n) is 7.90. The van der Waals surface area contributed by atoms with Crippen molar-refractivity contribution in [2.75, 3.05) is 19.7 Å². The van der Waals surface area contributed by atoms with Gasteiger partial charge in [-0.3, -0.25) is 0 Å². The maximum Gasteiger partial charge on any atom is 0.134 e. The summed E-state index contributed by atoms with van der Waals surface area (Å²) in [6.45, 7) is 1.38. The van der Waals surface area contributed by atoms with Crippen molar-refractivity contribution in [2.45, 2.75) is 6.10 Å². The Labute approximate surface area is 85.0 Å². The van der Waals surface area contributed by atoms with Gasteiger partial charge in [-0.15, -0.1) is 0 Å². The van der Waals surface area contributed by atoms with Crippen LogP contribution in [0.15, 0.2) is 12.1 Å². The molecule has 15 heavy (non-hydrogen) atoms. The van der Waals surface area contributed by atoms with E-state index >= 15 is 0 Å². The van der Waals surface area contributed by atoms with E-state index in [2.05, 4.69) is 5.32 Å². The Morgan fingerprint density at radius 1 is 1.20 bits per heavy atom. The van der Waals surface area contributed by atoms with Crippen LogP contribution in [0.5, 0.6) is 0 Å². The molecule has 82 valence electrons. The maximum absolute atomic E-state index is 13.3. The van der Waals surface area contributed by atoms with Gasteiger partial charge < -0.3 is 10.1 Å². The predicted molar refractivity (Wildman–Crippen MR) is 47.9 cm³/mol. The van der Waals surface area contributed by atoms with Gasteiger partial charge in [0.05, 0.1) is 12.2 Å². The highest BCUT2D eigenvalue weighted by Gasteiger charge is 2.23. The van der Waals surface area contributed by atoms with E-state index in [1.54, 1.807) is 0 Å². The summed E-state index contributed by atoms with van der Waals surface area (Å²) in [5.41, 5.74) is -0.205. The van der Waals surface area contributed by atoms with Gasteiger partial charge in [0.25, 0.3) is 0 Å². The van der Waals surface area contributed by atoms with Crippen molar-refractivity contribution in [3.63, 3.8) is 0 Å². The van der Waals surface area contributed by atoms with Crippen LogP contribution in [0, 0.1) is 17.5 Å². The Morgan fingerprint density at radius 2 is 1.87 bits per heavy atom. The molecule has 1 unspecified atom stereocenters. The highest BCUT2D eigenvalue weighted by Crippen LogP contribution is 2.25. The second-order valence-corrected chi connectivity index (χ2v) is 3.35. The summed E-state index contributed by atoms with van der Waals surface area (Å²) in [5, 5.41) is 2.95. The van der Waals surface area contributed by atoms with Crippen molar-refractivity contribution < 1.29 is 17.9 Å². The summed E-state index contributed by atoms with van der Waals surface area (Å²) < 4.78 is 44.5. The third-order valence-corrected chi connectivity index (χ3v) is 2.29. The van der Waals surface area contributed by atoms with Crippen LogP contribution < -0.4 is 5.32 Å². The molecular formula is C10H10F3NO. The fourth-order valence-electron chi connectivity index (χ4n) is 1.61.